The number of hydrogen-bond acceptors (Lipinski definition) is 5. The number of rotatable bonds is 6. The third kappa shape index (κ3) is 4.15. The highest BCUT2D eigenvalue weighted by molar-refractivity contribution is 9.10. The normalized spacial score (nSPS) is 11.8. The van der Waals surface area contributed by atoms with Gasteiger partial charge in [0.2, 0.25) is 5.76 Å². The van der Waals surface area contributed by atoms with Crippen molar-refractivity contribution in [1.29, 1.82) is 5.26 Å². The van der Waals surface area contributed by atoms with Crippen molar-refractivity contribution < 1.29 is 18.7 Å². The maximum atomic E-state index is 12.1. The summed E-state index contributed by atoms with van der Waals surface area (Å²) in [6, 6.07) is 9.09. The number of nitriles is 1. The van der Waals surface area contributed by atoms with E-state index in [-0.39, 0.29) is 24.2 Å². The number of halogens is 1. The Hall–Kier alpha value is -2.33. The molecule has 1 heterocycles. The van der Waals surface area contributed by atoms with E-state index in [1.165, 1.54) is 4.90 Å². The van der Waals surface area contributed by atoms with Crippen molar-refractivity contribution in [2.75, 3.05) is 19.7 Å². The number of fused-ring (bicyclic) bond motifs is 1. The molecule has 0 saturated carbocycles. The van der Waals surface area contributed by atoms with Crippen molar-refractivity contribution in [2.45, 2.75) is 13.8 Å². The summed E-state index contributed by atoms with van der Waals surface area (Å²) in [4.78, 5) is 25.6. The number of para-hydroxylation sites is 1. The van der Waals surface area contributed by atoms with Crippen molar-refractivity contribution in [3.8, 4) is 6.07 Å². The first-order valence-corrected chi connectivity index (χ1v) is 8.28. The molecule has 126 valence electrons. The molecular formula is C17H17BrN2O4. The highest BCUT2D eigenvalue weighted by Gasteiger charge is 2.19. The van der Waals surface area contributed by atoms with Crippen LogP contribution in [0.1, 0.15) is 24.4 Å². The number of hydrogen-bond donors (Lipinski definition) is 0. The molecule has 0 aliphatic rings. The van der Waals surface area contributed by atoms with E-state index in [1.54, 1.807) is 26.0 Å². The van der Waals surface area contributed by atoms with Gasteiger partial charge in [-0.3, -0.25) is 4.79 Å². The van der Waals surface area contributed by atoms with Gasteiger partial charge in [-0.2, -0.15) is 5.26 Å². The minimum atomic E-state index is -0.698. The fraction of sp³-hybridized carbons (Fsp3) is 0.353. The van der Waals surface area contributed by atoms with Gasteiger partial charge >= 0.3 is 5.97 Å². The Labute approximate surface area is 148 Å². The van der Waals surface area contributed by atoms with Gasteiger partial charge in [-0.15, -0.1) is 0 Å². The second kappa shape index (κ2) is 7.97. The Morgan fingerprint density at radius 1 is 1.46 bits per heavy atom. The van der Waals surface area contributed by atoms with Crippen LogP contribution in [-0.4, -0.2) is 36.5 Å². The number of benzene rings is 1. The minimum Gasteiger partial charge on any atom is -0.450 e. The Balaban J connectivity index is 2.00. The SMILES string of the molecule is CCN(C[C@@H](C)C#N)C(=O)COC(=O)c1cc2cccc(Br)c2o1. The van der Waals surface area contributed by atoms with Crippen molar-refractivity contribution in [2.24, 2.45) is 5.92 Å². The lowest BCUT2D eigenvalue weighted by Crippen LogP contribution is -2.37. The predicted molar refractivity (Wildman–Crippen MR) is 91.2 cm³/mol. The second-order valence-electron chi connectivity index (χ2n) is 5.31. The zero-order valence-corrected chi connectivity index (χ0v) is 15.0. The molecule has 0 unspecified atom stereocenters. The molecule has 0 radical (unpaired) electrons. The van der Waals surface area contributed by atoms with Gasteiger partial charge in [0, 0.05) is 18.5 Å². The number of carbonyl (C=O) groups is 2. The zero-order chi connectivity index (χ0) is 17.7. The molecule has 0 aliphatic heterocycles. The van der Waals surface area contributed by atoms with Gasteiger partial charge in [-0.25, -0.2) is 4.79 Å². The van der Waals surface area contributed by atoms with E-state index in [9.17, 15) is 9.59 Å². The molecule has 0 saturated heterocycles. The van der Waals surface area contributed by atoms with E-state index in [0.29, 0.717) is 18.7 Å². The first kappa shape index (κ1) is 18.0. The number of ether oxygens (including phenoxy) is 1. The van der Waals surface area contributed by atoms with Gasteiger partial charge in [-0.05, 0) is 41.9 Å². The minimum absolute atomic E-state index is 0.0399. The predicted octanol–water partition coefficient (Wildman–Crippen LogP) is 3.36. The zero-order valence-electron chi connectivity index (χ0n) is 13.4. The van der Waals surface area contributed by atoms with Crippen LogP contribution < -0.4 is 0 Å². The molecule has 2 rings (SSSR count). The lowest BCUT2D eigenvalue weighted by Gasteiger charge is -2.21. The van der Waals surface area contributed by atoms with E-state index >= 15 is 0 Å². The monoisotopic (exact) mass is 392 g/mol. The fourth-order valence-corrected chi connectivity index (χ4v) is 2.66. The molecule has 1 aromatic carbocycles. The van der Waals surface area contributed by atoms with Crippen LogP contribution in [0.25, 0.3) is 11.0 Å². The van der Waals surface area contributed by atoms with Gasteiger partial charge < -0.3 is 14.1 Å². The van der Waals surface area contributed by atoms with E-state index in [4.69, 9.17) is 14.4 Å². The number of furan rings is 1. The first-order valence-electron chi connectivity index (χ1n) is 7.48. The van der Waals surface area contributed by atoms with Gasteiger partial charge in [-0.1, -0.05) is 12.1 Å². The van der Waals surface area contributed by atoms with Crippen LogP contribution in [-0.2, 0) is 9.53 Å². The molecule has 0 bridgehead atoms. The Bertz CT molecular complexity index is 793. The van der Waals surface area contributed by atoms with Crippen LogP contribution in [0.4, 0.5) is 0 Å². The summed E-state index contributed by atoms with van der Waals surface area (Å²) in [5.41, 5.74) is 0.550. The van der Waals surface area contributed by atoms with Crippen molar-refractivity contribution in [3.05, 3.63) is 34.5 Å². The van der Waals surface area contributed by atoms with E-state index in [2.05, 4.69) is 22.0 Å². The molecule has 24 heavy (non-hydrogen) atoms. The number of esters is 1. The molecule has 1 amide bonds. The largest absolute Gasteiger partial charge is 0.450 e. The molecule has 6 nitrogen and oxygen atoms in total. The van der Waals surface area contributed by atoms with Crippen LogP contribution in [0.2, 0.25) is 0 Å². The standard InChI is InChI=1S/C17H17BrN2O4/c1-3-20(9-11(2)8-19)15(21)10-23-17(22)14-7-12-5-4-6-13(18)16(12)24-14/h4-7,11H,3,9-10H2,1-2H3/t11-/m0/s1. The number of amides is 1. The van der Waals surface area contributed by atoms with Crippen molar-refractivity contribution in [3.63, 3.8) is 0 Å². The average Bonchev–Trinajstić information content (AvgIpc) is 3.02. The van der Waals surface area contributed by atoms with Crippen LogP contribution in [0, 0.1) is 17.2 Å². The Morgan fingerprint density at radius 3 is 2.83 bits per heavy atom. The second-order valence-corrected chi connectivity index (χ2v) is 6.16. The van der Waals surface area contributed by atoms with Crippen LogP contribution in [0.5, 0.6) is 0 Å². The highest BCUT2D eigenvalue weighted by Crippen LogP contribution is 2.27. The summed E-state index contributed by atoms with van der Waals surface area (Å²) in [6.45, 7) is 3.90. The molecule has 7 heteroatoms. The highest BCUT2D eigenvalue weighted by atomic mass is 79.9. The molecule has 2 aromatic rings. The molecule has 0 aliphatic carbocycles. The Kier molecular flexibility index (Phi) is 5.99. The van der Waals surface area contributed by atoms with Gasteiger partial charge in [0.15, 0.2) is 6.61 Å². The maximum Gasteiger partial charge on any atom is 0.374 e. The summed E-state index contributed by atoms with van der Waals surface area (Å²) in [5, 5.41) is 9.59. The summed E-state index contributed by atoms with van der Waals surface area (Å²) in [5.74, 6) is -1.28. The first-order chi connectivity index (χ1) is 11.5. The van der Waals surface area contributed by atoms with Gasteiger partial charge in [0.1, 0.15) is 5.58 Å². The third-order valence-corrected chi connectivity index (χ3v) is 4.10. The van der Waals surface area contributed by atoms with Crippen LogP contribution in [0.3, 0.4) is 0 Å². The van der Waals surface area contributed by atoms with Crippen molar-refractivity contribution >= 4 is 38.8 Å². The van der Waals surface area contributed by atoms with Crippen LogP contribution in [0.15, 0.2) is 33.2 Å². The number of carbonyl (C=O) groups excluding carboxylic acids is 2. The fourth-order valence-electron chi connectivity index (χ4n) is 2.20. The number of nitrogens with zero attached hydrogens (tertiary/aromatic N) is 2. The summed E-state index contributed by atoms with van der Waals surface area (Å²) in [6.07, 6.45) is 0. The average molecular weight is 393 g/mol. The van der Waals surface area contributed by atoms with Gasteiger partial charge in [0.25, 0.3) is 5.91 Å². The smallest absolute Gasteiger partial charge is 0.374 e. The quantitative estimate of drug-likeness (QED) is 0.703. The molecule has 0 N–H and O–H groups in total. The molecular weight excluding hydrogens is 376 g/mol. The molecule has 0 spiro atoms. The Morgan fingerprint density at radius 2 is 2.21 bits per heavy atom. The number of likely N-dealkylation sites (N-methyl/N-ethyl adjacent to an activating group) is 1. The summed E-state index contributed by atoms with van der Waals surface area (Å²) >= 11 is 3.35. The molecule has 1 aromatic heterocycles. The molecule has 0 fully saturated rings. The lowest BCUT2D eigenvalue weighted by atomic mass is 10.2. The third-order valence-electron chi connectivity index (χ3n) is 3.47. The summed E-state index contributed by atoms with van der Waals surface area (Å²) in [7, 11) is 0. The van der Waals surface area contributed by atoms with E-state index < -0.39 is 5.97 Å². The van der Waals surface area contributed by atoms with E-state index in [0.717, 1.165) is 9.86 Å². The van der Waals surface area contributed by atoms with E-state index in [1.807, 2.05) is 12.1 Å². The van der Waals surface area contributed by atoms with Crippen molar-refractivity contribution in [1.82, 2.24) is 4.90 Å². The van der Waals surface area contributed by atoms with Crippen LogP contribution >= 0.6 is 15.9 Å². The molecule has 1 atom stereocenters. The maximum absolute atomic E-state index is 12.1. The topological polar surface area (TPSA) is 83.5 Å². The lowest BCUT2D eigenvalue weighted by molar-refractivity contribution is -0.134. The van der Waals surface area contributed by atoms with Gasteiger partial charge in [0.05, 0.1) is 16.5 Å². The summed E-state index contributed by atoms with van der Waals surface area (Å²) < 4.78 is 11.2.